The fourth-order valence-corrected chi connectivity index (χ4v) is 4.77. The molecule has 6 nitrogen and oxygen atoms in total. The number of barbiturate groups is 1. The van der Waals surface area contributed by atoms with Crippen LogP contribution in [-0.2, 0) is 16.1 Å². The number of urea groups is 1. The molecule has 2 heterocycles. The minimum Gasteiger partial charge on any atom is -0.340 e. The standard InChI is InChI=1S/C28H21Cl2N3O3/c1-16-11-12-19(13-24(16)30)33-27(35)22(26(34)31-28(33)36)14-21-17(2)32(25-10-6-4-8-20(21)25)15-18-7-3-5-9-23(18)29/h3-14H,15H2,1-2H3,(H,31,34,36)/b22-14-. The third-order valence-corrected chi connectivity index (χ3v) is 7.15. The van der Waals surface area contributed by atoms with Crippen LogP contribution in [0.15, 0.2) is 72.3 Å². The molecule has 0 unspecified atom stereocenters. The lowest BCUT2D eigenvalue weighted by Gasteiger charge is -2.26. The number of hydrogen-bond donors (Lipinski definition) is 1. The second-order valence-electron chi connectivity index (χ2n) is 8.59. The summed E-state index contributed by atoms with van der Waals surface area (Å²) >= 11 is 12.6. The van der Waals surface area contributed by atoms with Gasteiger partial charge in [-0.15, -0.1) is 0 Å². The molecule has 0 atom stereocenters. The largest absolute Gasteiger partial charge is 0.340 e. The smallest absolute Gasteiger partial charge is 0.335 e. The summed E-state index contributed by atoms with van der Waals surface area (Å²) in [5.41, 5.74) is 4.39. The highest BCUT2D eigenvalue weighted by Crippen LogP contribution is 2.32. The van der Waals surface area contributed by atoms with Crippen LogP contribution in [-0.4, -0.2) is 22.4 Å². The summed E-state index contributed by atoms with van der Waals surface area (Å²) in [4.78, 5) is 39.8. The molecule has 4 amide bonds. The molecule has 0 aliphatic carbocycles. The van der Waals surface area contributed by atoms with Crippen LogP contribution in [0.2, 0.25) is 10.0 Å². The molecule has 0 spiro atoms. The Morgan fingerprint density at radius 1 is 0.889 bits per heavy atom. The van der Waals surface area contributed by atoms with Crippen molar-refractivity contribution < 1.29 is 14.4 Å². The fourth-order valence-electron chi connectivity index (χ4n) is 4.40. The Hall–Kier alpha value is -3.87. The molecule has 5 rings (SSSR count). The van der Waals surface area contributed by atoms with E-state index in [2.05, 4.69) is 9.88 Å². The third-order valence-electron chi connectivity index (χ3n) is 6.37. The zero-order valence-electron chi connectivity index (χ0n) is 19.5. The number of fused-ring (bicyclic) bond motifs is 1. The Bertz CT molecular complexity index is 1600. The van der Waals surface area contributed by atoms with Crippen LogP contribution in [0.25, 0.3) is 17.0 Å². The van der Waals surface area contributed by atoms with Crippen LogP contribution in [0.1, 0.15) is 22.4 Å². The molecule has 1 aliphatic heterocycles. The van der Waals surface area contributed by atoms with E-state index >= 15 is 0 Å². The van der Waals surface area contributed by atoms with Crippen LogP contribution in [0.5, 0.6) is 0 Å². The van der Waals surface area contributed by atoms with E-state index in [1.807, 2.05) is 62.4 Å². The van der Waals surface area contributed by atoms with Crippen LogP contribution in [0.3, 0.4) is 0 Å². The van der Waals surface area contributed by atoms with Crippen molar-refractivity contribution in [2.45, 2.75) is 20.4 Å². The number of benzene rings is 3. The highest BCUT2D eigenvalue weighted by atomic mass is 35.5. The maximum atomic E-state index is 13.4. The molecule has 0 bridgehead atoms. The summed E-state index contributed by atoms with van der Waals surface area (Å²) in [6.45, 7) is 4.26. The molecular weight excluding hydrogens is 497 g/mol. The van der Waals surface area contributed by atoms with Crippen LogP contribution < -0.4 is 10.2 Å². The molecule has 180 valence electrons. The molecule has 36 heavy (non-hydrogen) atoms. The van der Waals surface area contributed by atoms with Gasteiger partial charge in [-0.05, 0) is 55.3 Å². The minimum atomic E-state index is -0.820. The Kier molecular flexibility index (Phi) is 6.16. The van der Waals surface area contributed by atoms with Crippen LogP contribution >= 0.6 is 23.2 Å². The second kappa shape index (κ2) is 9.30. The van der Waals surface area contributed by atoms with E-state index < -0.39 is 17.8 Å². The zero-order chi connectivity index (χ0) is 25.6. The van der Waals surface area contributed by atoms with Gasteiger partial charge in [-0.3, -0.25) is 14.9 Å². The first-order valence-electron chi connectivity index (χ1n) is 11.2. The van der Waals surface area contributed by atoms with E-state index in [0.29, 0.717) is 22.2 Å². The van der Waals surface area contributed by atoms with Crippen molar-refractivity contribution in [3.63, 3.8) is 0 Å². The number of imide groups is 2. The summed E-state index contributed by atoms with van der Waals surface area (Å²) in [6, 6.07) is 19.4. The highest BCUT2D eigenvalue weighted by Gasteiger charge is 2.37. The Balaban J connectivity index is 1.62. The molecule has 1 fully saturated rings. The summed E-state index contributed by atoms with van der Waals surface area (Å²) < 4.78 is 2.09. The molecule has 0 radical (unpaired) electrons. The first kappa shape index (κ1) is 23.9. The molecule has 1 aliphatic rings. The summed E-state index contributed by atoms with van der Waals surface area (Å²) in [7, 11) is 0. The highest BCUT2D eigenvalue weighted by molar-refractivity contribution is 6.40. The lowest BCUT2D eigenvalue weighted by atomic mass is 10.0. The van der Waals surface area contributed by atoms with Crippen molar-refractivity contribution in [1.82, 2.24) is 9.88 Å². The Morgan fingerprint density at radius 3 is 2.36 bits per heavy atom. The van der Waals surface area contributed by atoms with Gasteiger partial charge in [0.05, 0.1) is 5.69 Å². The topological polar surface area (TPSA) is 71.4 Å². The quantitative estimate of drug-likeness (QED) is 0.255. The SMILES string of the molecule is Cc1ccc(N2C(=O)NC(=O)/C(=C/c3c(C)n(Cc4ccccc4Cl)c4ccccc34)C2=O)cc1Cl. The second-order valence-corrected chi connectivity index (χ2v) is 9.40. The maximum Gasteiger partial charge on any atom is 0.335 e. The summed E-state index contributed by atoms with van der Waals surface area (Å²) in [6.07, 6.45) is 1.55. The number of rotatable bonds is 4. The van der Waals surface area contributed by atoms with E-state index in [-0.39, 0.29) is 11.3 Å². The predicted octanol–water partition coefficient (Wildman–Crippen LogP) is 6.28. The number of anilines is 1. The molecule has 1 aromatic heterocycles. The van der Waals surface area contributed by atoms with Crippen molar-refractivity contribution in [3.8, 4) is 0 Å². The van der Waals surface area contributed by atoms with Crippen molar-refractivity contribution in [1.29, 1.82) is 0 Å². The van der Waals surface area contributed by atoms with E-state index in [1.165, 1.54) is 6.07 Å². The molecule has 3 aromatic carbocycles. The number of carbonyl (C=O) groups is 3. The van der Waals surface area contributed by atoms with Crippen molar-refractivity contribution in [2.24, 2.45) is 0 Å². The van der Waals surface area contributed by atoms with Crippen LogP contribution in [0, 0.1) is 13.8 Å². The van der Waals surface area contributed by atoms with Gasteiger partial charge in [-0.1, -0.05) is 65.7 Å². The number of amides is 4. The minimum absolute atomic E-state index is 0.143. The van der Waals surface area contributed by atoms with Gasteiger partial charge in [0.15, 0.2) is 0 Å². The Labute approximate surface area is 217 Å². The lowest BCUT2D eigenvalue weighted by molar-refractivity contribution is -0.122. The van der Waals surface area contributed by atoms with Gasteiger partial charge in [0.25, 0.3) is 11.8 Å². The van der Waals surface area contributed by atoms with Gasteiger partial charge in [-0.25, -0.2) is 9.69 Å². The van der Waals surface area contributed by atoms with Crippen LogP contribution in [0.4, 0.5) is 10.5 Å². The van der Waals surface area contributed by atoms with E-state index in [9.17, 15) is 14.4 Å². The van der Waals surface area contributed by atoms with Gasteiger partial charge >= 0.3 is 6.03 Å². The number of aromatic nitrogens is 1. The van der Waals surface area contributed by atoms with E-state index in [1.54, 1.807) is 18.2 Å². The molecule has 1 saturated heterocycles. The van der Waals surface area contributed by atoms with E-state index in [4.69, 9.17) is 23.2 Å². The summed E-state index contributed by atoms with van der Waals surface area (Å²) in [5, 5.41) is 4.21. The molecular formula is C28H21Cl2N3O3. The molecule has 8 heteroatoms. The average Bonchev–Trinajstić information content (AvgIpc) is 3.11. The van der Waals surface area contributed by atoms with Gasteiger partial charge < -0.3 is 4.57 Å². The maximum absolute atomic E-state index is 13.4. The predicted molar refractivity (Wildman–Crippen MR) is 142 cm³/mol. The third kappa shape index (κ3) is 4.08. The number of halogens is 2. The fraction of sp³-hybridized carbons (Fsp3) is 0.107. The molecule has 4 aromatic rings. The zero-order valence-corrected chi connectivity index (χ0v) is 21.0. The van der Waals surface area contributed by atoms with Crippen molar-refractivity contribution in [3.05, 3.63) is 105 Å². The first-order valence-corrected chi connectivity index (χ1v) is 12.0. The van der Waals surface area contributed by atoms with Gasteiger partial charge in [0, 0.05) is 38.8 Å². The van der Waals surface area contributed by atoms with E-state index in [0.717, 1.165) is 32.6 Å². The number of carbonyl (C=O) groups excluding carboxylic acids is 3. The average molecular weight is 518 g/mol. The lowest BCUT2D eigenvalue weighted by Crippen LogP contribution is -2.54. The van der Waals surface area contributed by atoms with Gasteiger partial charge in [-0.2, -0.15) is 0 Å². The monoisotopic (exact) mass is 517 g/mol. The van der Waals surface area contributed by atoms with Crippen molar-refractivity contribution >= 4 is 63.7 Å². The number of nitrogens with zero attached hydrogens (tertiary/aromatic N) is 2. The number of nitrogens with one attached hydrogen (secondary N) is 1. The molecule has 1 N–H and O–H groups in total. The van der Waals surface area contributed by atoms with Gasteiger partial charge in [0.2, 0.25) is 0 Å². The first-order chi connectivity index (χ1) is 17.3. The normalized spacial score (nSPS) is 15.2. The number of aryl methyl sites for hydroxylation is 1. The van der Waals surface area contributed by atoms with Crippen molar-refractivity contribution in [2.75, 3.05) is 4.90 Å². The Morgan fingerprint density at radius 2 is 1.61 bits per heavy atom. The summed E-state index contributed by atoms with van der Waals surface area (Å²) in [5.74, 6) is -1.47. The van der Waals surface area contributed by atoms with Gasteiger partial charge in [0.1, 0.15) is 5.57 Å². The number of para-hydroxylation sites is 1. The number of hydrogen-bond acceptors (Lipinski definition) is 3. The molecule has 0 saturated carbocycles.